The van der Waals surface area contributed by atoms with E-state index in [9.17, 15) is 13.2 Å². The average molecular weight is 448 g/mol. The predicted molar refractivity (Wildman–Crippen MR) is 123 cm³/mol. The number of ether oxygens (including phenoxy) is 2. The molecule has 0 N–H and O–H groups in total. The van der Waals surface area contributed by atoms with Gasteiger partial charge in [0.25, 0.3) is 5.91 Å². The lowest BCUT2D eigenvalue weighted by atomic mass is 10.1. The second kappa shape index (κ2) is 11.7. The number of hydrogen-bond donors (Lipinski definition) is 0. The second-order valence-electron chi connectivity index (χ2n) is 7.56. The van der Waals surface area contributed by atoms with Gasteiger partial charge in [-0.2, -0.15) is 0 Å². The van der Waals surface area contributed by atoms with E-state index >= 15 is 0 Å². The third-order valence-electron chi connectivity index (χ3n) is 4.55. The van der Waals surface area contributed by atoms with Crippen LogP contribution in [0.1, 0.15) is 55.1 Å². The number of sulfone groups is 1. The maximum atomic E-state index is 13.1. The summed E-state index contributed by atoms with van der Waals surface area (Å²) in [5, 5.41) is 0. The molecule has 2 aromatic carbocycles. The highest BCUT2D eigenvalue weighted by Crippen LogP contribution is 2.29. The molecule has 0 bridgehead atoms. The van der Waals surface area contributed by atoms with Crippen molar-refractivity contribution in [2.24, 2.45) is 0 Å². The number of carbonyl (C=O) groups excluding carboxylic acids is 1. The van der Waals surface area contributed by atoms with Crippen LogP contribution in [-0.4, -0.2) is 45.2 Å². The van der Waals surface area contributed by atoms with Crippen LogP contribution in [0.4, 0.5) is 0 Å². The third-order valence-corrected chi connectivity index (χ3v) is 5.41. The van der Waals surface area contributed by atoms with Gasteiger partial charge in [-0.05, 0) is 55.2 Å². The summed E-state index contributed by atoms with van der Waals surface area (Å²) in [6.45, 7) is 8.22. The Hall–Kier alpha value is -2.54. The summed E-state index contributed by atoms with van der Waals surface area (Å²) >= 11 is 0. The molecule has 7 heteroatoms. The molecule has 0 atom stereocenters. The van der Waals surface area contributed by atoms with E-state index in [1.807, 2.05) is 32.0 Å². The van der Waals surface area contributed by atoms with E-state index in [-0.39, 0.29) is 11.7 Å². The van der Waals surface area contributed by atoms with E-state index in [0.29, 0.717) is 48.9 Å². The van der Waals surface area contributed by atoms with Gasteiger partial charge >= 0.3 is 0 Å². The molecule has 0 heterocycles. The summed E-state index contributed by atoms with van der Waals surface area (Å²) in [5.74, 6) is 1.27. The van der Waals surface area contributed by atoms with Crippen molar-refractivity contribution in [3.05, 3.63) is 59.2 Å². The zero-order valence-corrected chi connectivity index (χ0v) is 19.7. The molecule has 0 radical (unpaired) electrons. The van der Waals surface area contributed by atoms with E-state index in [0.717, 1.165) is 18.4 Å². The molecule has 0 aliphatic heterocycles. The lowest BCUT2D eigenvalue weighted by Crippen LogP contribution is -2.31. The molecule has 0 saturated heterocycles. The summed E-state index contributed by atoms with van der Waals surface area (Å²) < 4.78 is 34.5. The van der Waals surface area contributed by atoms with Crippen LogP contribution in [0.25, 0.3) is 0 Å². The highest BCUT2D eigenvalue weighted by molar-refractivity contribution is 7.89. The van der Waals surface area contributed by atoms with Gasteiger partial charge in [0, 0.05) is 24.9 Å². The molecule has 0 fully saturated rings. The second-order valence-corrected chi connectivity index (χ2v) is 9.70. The monoisotopic (exact) mass is 447 g/mol. The first-order valence-corrected chi connectivity index (χ1v) is 12.8. The van der Waals surface area contributed by atoms with Crippen LogP contribution < -0.4 is 9.47 Å². The van der Waals surface area contributed by atoms with Gasteiger partial charge in [0.1, 0.15) is 0 Å². The Morgan fingerprint density at radius 2 is 1.58 bits per heavy atom. The minimum absolute atomic E-state index is 0.0349. The quantitative estimate of drug-likeness (QED) is 0.480. The van der Waals surface area contributed by atoms with Gasteiger partial charge in [0.05, 0.1) is 19.0 Å². The van der Waals surface area contributed by atoms with E-state index in [4.69, 9.17) is 9.47 Å². The zero-order valence-electron chi connectivity index (χ0n) is 18.9. The van der Waals surface area contributed by atoms with Gasteiger partial charge in [0.2, 0.25) is 0 Å². The van der Waals surface area contributed by atoms with Crippen molar-refractivity contribution in [2.45, 2.75) is 45.9 Å². The summed E-state index contributed by atoms with van der Waals surface area (Å²) in [5.41, 5.74) is 2.17. The minimum atomic E-state index is -3.11. The van der Waals surface area contributed by atoms with Crippen molar-refractivity contribution >= 4 is 15.7 Å². The van der Waals surface area contributed by atoms with Crippen LogP contribution in [0, 0.1) is 0 Å². The maximum Gasteiger partial charge on any atom is 0.254 e. The topological polar surface area (TPSA) is 72.9 Å². The molecule has 170 valence electrons. The average Bonchev–Trinajstić information content (AvgIpc) is 2.72. The lowest BCUT2D eigenvalue weighted by Gasteiger charge is -2.23. The van der Waals surface area contributed by atoms with Crippen LogP contribution in [0.3, 0.4) is 0 Å². The molecule has 1 amide bonds. The van der Waals surface area contributed by atoms with Crippen LogP contribution >= 0.6 is 0 Å². The molecule has 0 aliphatic carbocycles. The van der Waals surface area contributed by atoms with Crippen molar-refractivity contribution in [3.8, 4) is 11.5 Å². The molecule has 2 rings (SSSR count). The minimum Gasteiger partial charge on any atom is -0.490 e. The fourth-order valence-electron chi connectivity index (χ4n) is 3.22. The number of nitrogens with zero attached hydrogens (tertiary/aromatic N) is 1. The Kier molecular flexibility index (Phi) is 9.37. The van der Waals surface area contributed by atoms with Crippen LogP contribution in [-0.2, 0) is 22.1 Å². The van der Waals surface area contributed by atoms with Crippen LogP contribution in [0.15, 0.2) is 42.5 Å². The number of amides is 1. The van der Waals surface area contributed by atoms with Crippen molar-refractivity contribution in [3.63, 3.8) is 0 Å². The third kappa shape index (κ3) is 7.90. The van der Waals surface area contributed by atoms with E-state index in [1.54, 1.807) is 29.2 Å². The molecule has 0 unspecified atom stereocenters. The highest BCUT2D eigenvalue weighted by atomic mass is 32.2. The van der Waals surface area contributed by atoms with Crippen molar-refractivity contribution in [1.29, 1.82) is 0 Å². The Morgan fingerprint density at radius 3 is 2.16 bits per heavy atom. The summed E-state index contributed by atoms with van der Waals surface area (Å²) in [7, 11) is -3.11. The lowest BCUT2D eigenvalue weighted by molar-refractivity contribution is 0.0743. The summed E-state index contributed by atoms with van der Waals surface area (Å²) in [4.78, 5) is 14.9. The van der Waals surface area contributed by atoms with Crippen LogP contribution in [0.2, 0.25) is 0 Å². The molecular formula is C24H33NO5S. The first-order valence-electron chi connectivity index (χ1n) is 10.7. The molecule has 6 nitrogen and oxygen atoms in total. The highest BCUT2D eigenvalue weighted by Gasteiger charge is 2.17. The fourth-order valence-corrected chi connectivity index (χ4v) is 4.02. The molecule has 0 aromatic heterocycles. The normalized spacial score (nSPS) is 11.2. The summed E-state index contributed by atoms with van der Waals surface area (Å²) in [6.07, 6.45) is 2.94. The van der Waals surface area contributed by atoms with Crippen molar-refractivity contribution < 1.29 is 22.7 Å². The zero-order chi connectivity index (χ0) is 22.9. The SMILES string of the molecule is CCCOc1ccc(CN(CCC)C(=O)c2ccc(CS(C)(=O)=O)cc2)cc1OCC. The Morgan fingerprint density at radius 1 is 0.903 bits per heavy atom. The van der Waals surface area contributed by atoms with Gasteiger partial charge < -0.3 is 14.4 Å². The van der Waals surface area contributed by atoms with E-state index in [2.05, 4.69) is 6.92 Å². The van der Waals surface area contributed by atoms with Crippen molar-refractivity contribution in [2.75, 3.05) is 26.0 Å². The fraction of sp³-hybridized carbons (Fsp3) is 0.458. The number of hydrogen-bond acceptors (Lipinski definition) is 5. The number of benzene rings is 2. The molecule has 0 spiro atoms. The largest absolute Gasteiger partial charge is 0.490 e. The number of rotatable bonds is 12. The molecule has 2 aromatic rings. The first-order chi connectivity index (χ1) is 14.8. The number of carbonyl (C=O) groups is 1. The first kappa shape index (κ1) is 24.7. The van der Waals surface area contributed by atoms with E-state index in [1.165, 1.54) is 6.26 Å². The van der Waals surface area contributed by atoms with Gasteiger partial charge in [0.15, 0.2) is 21.3 Å². The van der Waals surface area contributed by atoms with E-state index < -0.39 is 9.84 Å². The molecule has 31 heavy (non-hydrogen) atoms. The van der Waals surface area contributed by atoms with Crippen LogP contribution in [0.5, 0.6) is 11.5 Å². The predicted octanol–water partition coefficient (Wildman–Crippen LogP) is 4.47. The summed E-state index contributed by atoms with van der Waals surface area (Å²) in [6, 6.07) is 12.6. The molecule has 0 saturated carbocycles. The Labute approximate surface area is 186 Å². The van der Waals surface area contributed by atoms with Gasteiger partial charge in [-0.25, -0.2) is 8.42 Å². The maximum absolute atomic E-state index is 13.1. The van der Waals surface area contributed by atoms with Crippen molar-refractivity contribution in [1.82, 2.24) is 4.90 Å². The van der Waals surface area contributed by atoms with Gasteiger partial charge in [-0.3, -0.25) is 4.79 Å². The van der Waals surface area contributed by atoms with Gasteiger partial charge in [-0.1, -0.05) is 32.0 Å². The Bertz CT molecular complexity index is 954. The molecule has 0 aliphatic rings. The molecular weight excluding hydrogens is 414 g/mol. The van der Waals surface area contributed by atoms with Gasteiger partial charge in [-0.15, -0.1) is 0 Å². The standard InChI is InChI=1S/C24H33NO5S/c1-5-14-25(24(26)21-11-8-19(9-12-21)18-31(4,27)28)17-20-10-13-22(30-15-6-2)23(16-20)29-7-3/h8-13,16H,5-7,14-15,17-18H2,1-4H3. The Balaban J connectivity index is 2.19. The smallest absolute Gasteiger partial charge is 0.254 e.